The molecule has 0 aromatic heterocycles. The SMILES string of the molecule is Cc1cc(Br)ccc1NC(=O)CNc1cc(C(=O)NCC(F)(F)F)cc(F)c1C. The summed E-state index contributed by atoms with van der Waals surface area (Å²) in [6.07, 6.45) is -4.58. The molecule has 2 aromatic rings. The predicted molar refractivity (Wildman–Crippen MR) is 106 cm³/mol. The number of hydrogen-bond acceptors (Lipinski definition) is 3. The van der Waals surface area contributed by atoms with Crippen molar-refractivity contribution in [1.29, 1.82) is 0 Å². The lowest BCUT2D eigenvalue weighted by Crippen LogP contribution is -2.33. The van der Waals surface area contributed by atoms with E-state index in [4.69, 9.17) is 0 Å². The third kappa shape index (κ3) is 6.74. The highest BCUT2D eigenvalue weighted by atomic mass is 79.9. The van der Waals surface area contributed by atoms with Gasteiger partial charge in [0.25, 0.3) is 5.91 Å². The fourth-order valence-electron chi connectivity index (χ4n) is 2.41. The van der Waals surface area contributed by atoms with Crippen LogP contribution in [0, 0.1) is 19.7 Å². The smallest absolute Gasteiger partial charge is 0.376 e. The second-order valence-electron chi connectivity index (χ2n) is 6.29. The third-order valence-electron chi connectivity index (χ3n) is 3.96. The Morgan fingerprint density at radius 1 is 1.07 bits per heavy atom. The minimum Gasteiger partial charge on any atom is -0.376 e. The molecule has 156 valence electrons. The molecule has 0 bridgehead atoms. The van der Waals surface area contributed by atoms with Crippen molar-refractivity contribution in [2.75, 3.05) is 23.7 Å². The minimum atomic E-state index is -4.58. The van der Waals surface area contributed by atoms with E-state index in [1.165, 1.54) is 13.0 Å². The van der Waals surface area contributed by atoms with Crippen LogP contribution in [0.5, 0.6) is 0 Å². The first-order valence-electron chi connectivity index (χ1n) is 8.41. The van der Waals surface area contributed by atoms with Crippen molar-refractivity contribution in [1.82, 2.24) is 5.32 Å². The second-order valence-corrected chi connectivity index (χ2v) is 7.21. The van der Waals surface area contributed by atoms with Gasteiger partial charge in [-0.3, -0.25) is 9.59 Å². The molecule has 0 spiro atoms. The van der Waals surface area contributed by atoms with E-state index < -0.39 is 30.4 Å². The van der Waals surface area contributed by atoms with E-state index in [2.05, 4.69) is 26.6 Å². The van der Waals surface area contributed by atoms with Gasteiger partial charge in [-0.15, -0.1) is 0 Å². The lowest BCUT2D eigenvalue weighted by Gasteiger charge is -2.14. The van der Waals surface area contributed by atoms with Gasteiger partial charge in [-0.25, -0.2) is 4.39 Å². The largest absolute Gasteiger partial charge is 0.405 e. The summed E-state index contributed by atoms with van der Waals surface area (Å²) in [6.45, 7) is 1.48. The van der Waals surface area contributed by atoms with Crippen molar-refractivity contribution >= 4 is 39.1 Å². The molecule has 0 aliphatic heterocycles. The molecule has 2 aromatic carbocycles. The number of amides is 2. The van der Waals surface area contributed by atoms with Crippen LogP contribution in [-0.4, -0.2) is 31.1 Å². The van der Waals surface area contributed by atoms with Gasteiger partial charge in [-0.2, -0.15) is 13.2 Å². The maximum atomic E-state index is 14.1. The Morgan fingerprint density at radius 3 is 2.38 bits per heavy atom. The van der Waals surface area contributed by atoms with Gasteiger partial charge in [0.15, 0.2) is 0 Å². The Balaban J connectivity index is 2.06. The molecule has 0 heterocycles. The number of alkyl halides is 3. The molecule has 0 atom stereocenters. The number of aryl methyl sites for hydroxylation is 1. The molecule has 0 saturated carbocycles. The van der Waals surface area contributed by atoms with Gasteiger partial charge < -0.3 is 16.0 Å². The molecule has 0 unspecified atom stereocenters. The van der Waals surface area contributed by atoms with Crippen LogP contribution in [0.4, 0.5) is 28.9 Å². The zero-order valence-electron chi connectivity index (χ0n) is 15.5. The van der Waals surface area contributed by atoms with E-state index in [-0.39, 0.29) is 23.4 Å². The van der Waals surface area contributed by atoms with Gasteiger partial charge in [0.1, 0.15) is 12.4 Å². The van der Waals surface area contributed by atoms with Crippen molar-refractivity contribution in [3.8, 4) is 0 Å². The Hall–Kier alpha value is -2.62. The molecule has 0 aliphatic rings. The summed E-state index contributed by atoms with van der Waals surface area (Å²) in [6, 6.07) is 7.35. The van der Waals surface area contributed by atoms with Crippen LogP contribution in [-0.2, 0) is 4.79 Å². The quantitative estimate of drug-likeness (QED) is 0.536. The zero-order valence-corrected chi connectivity index (χ0v) is 17.1. The van der Waals surface area contributed by atoms with E-state index in [0.717, 1.165) is 16.1 Å². The Labute approximate surface area is 173 Å². The topological polar surface area (TPSA) is 70.2 Å². The monoisotopic (exact) mass is 475 g/mol. The third-order valence-corrected chi connectivity index (χ3v) is 4.45. The summed E-state index contributed by atoms with van der Waals surface area (Å²) in [5, 5.41) is 7.08. The van der Waals surface area contributed by atoms with Crippen molar-refractivity contribution in [3.63, 3.8) is 0 Å². The summed E-state index contributed by atoms with van der Waals surface area (Å²) >= 11 is 3.32. The molecule has 10 heteroatoms. The van der Waals surface area contributed by atoms with Gasteiger partial charge in [-0.05, 0) is 49.7 Å². The van der Waals surface area contributed by atoms with Gasteiger partial charge in [0, 0.05) is 27.0 Å². The first-order chi connectivity index (χ1) is 13.5. The van der Waals surface area contributed by atoms with Gasteiger partial charge in [0.05, 0.1) is 6.54 Å². The Bertz CT molecular complexity index is 932. The summed E-state index contributed by atoms with van der Waals surface area (Å²) in [5.41, 5.74) is 1.40. The van der Waals surface area contributed by atoms with Crippen molar-refractivity contribution in [2.45, 2.75) is 20.0 Å². The number of rotatable bonds is 6. The van der Waals surface area contributed by atoms with Crippen LogP contribution in [0.1, 0.15) is 21.5 Å². The maximum absolute atomic E-state index is 14.1. The summed E-state index contributed by atoms with van der Waals surface area (Å²) in [7, 11) is 0. The zero-order chi connectivity index (χ0) is 21.8. The number of nitrogens with one attached hydrogen (secondary N) is 3. The van der Waals surface area contributed by atoms with Crippen molar-refractivity contribution in [3.05, 3.63) is 57.3 Å². The summed E-state index contributed by atoms with van der Waals surface area (Å²) < 4.78 is 51.7. The maximum Gasteiger partial charge on any atom is 0.405 e. The van der Waals surface area contributed by atoms with Crippen LogP contribution < -0.4 is 16.0 Å². The van der Waals surface area contributed by atoms with Crippen LogP contribution >= 0.6 is 15.9 Å². The second kappa shape index (κ2) is 9.25. The molecule has 0 fully saturated rings. The fourth-order valence-corrected chi connectivity index (χ4v) is 2.89. The first kappa shape index (κ1) is 22.7. The van der Waals surface area contributed by atoms with Gasteiger partial charge in [-0.1, -0.05) is 15.9 Å². The summed E-state index contributed by atoms with van der Waals surface area (Å²) in [5.74, 6) is -2.27. The van der Waals surface area contributed by atoms with Gasteiger partial charge in [0.2, 0.25) is 5.91 Å². The molecule has 0 saturated heterocycles. The highest BCUT2D eigenvalue weighted by Gasteiger charge is 2.28. The molecule has 29 heavy (non-hydrogen) atoms. The van der Waals surface area contributed by atoms with E-state index in [0.29, 0.717) is 5.69 Å². The molecular formula is C19H18BrF4N3O2. The first-order valence-corrected chi connectivity index (χ1v) is 9.20. The number of hydrogen-bond donors (Lipinski definition) is 3. The number of benzene rings is 2. The molecule has 5 nitrogen and oxygen atoms in total. The predicted octanol–water partition coefficient (Wildman–Crippen LogP) is 4.55. The van der Waals surface area contributed by atoms with Crippen molar-refractivity contribution < 1.29 is 27.2 Å². The van der Waals surface area contributed by atoms with E-state index in [9.17, 15) is 27.2 Å². The molecular weight excluding hydrogens is 458 g/mol. The van der Waals surface area contributed by atoms with Crippen LogP contribution in [0.25, 0.3) is 0 Å². The lowest BCUT2D eigenvalue weighted by atomic mass is 10.1. The molecule has 2 amide bonds. The van der Waals surface area contributed by atoms with Crippen LogP contribution in [0.2, 0.25) is 0 Å². The fraction of sp³-hybridized carbons (Fsp3) is 0.263. The van der Waals surface area contributed by atoms with Gasteiger partial charge >= 0.3 is 6.18 Å². The minimum absolute atomic E-state index is 0.129. The lowest BCUT2D eigenvalue weighted by molar-refractivity contribution is -0.123. The summed E-state index contributed by atoms with van der Waals surface area (Å²) in [4.78, 5) is 24.0. The number of halogens is 5. The number of carbonyl (C=O) groups excluding carboxylic acids is 2. The normalized spacial score (nSPS) is 11.1. The molecule has 0 radical (unpaired) electrons. The Morgan fingerprint density at radius 2 is 1.76 bits per heavy atom. The number of carbonyl (C=O) groups is 2. The molecule has 0 aliphatic carbocycles. The van der Waals surface area contributed by atoms with E-state index in [1.54, 1.807) is 17.4 Å². The highest BCUT2D eigenvalue weighted by Crippen LogP contribution is 2.22. The van der Waals surface area contributed by atoms with Crippen LogP contribution in [0.15, 0.2) is 34.8 Å². The van der Waals surface area contributed by atoms with E-state index in [1.807, 2.05) is 13.0 Å². The number of anilines is 2. The molecule has 3 N–H and O–H groups in total. The average molecular weight is 476 g/mol. The molecule has 2 rings (SSSR count). The Kier molecular flexibility index (Phi) is 7.23. The standard InChI is InChI=1S/C19H18BrF4N3O2/c1-10-5-13(20)3-4-15(10)27-17(28)8-25-16-7-12(6-14(21)11(16)2)18(29)26-9-19(22,23)24/h3-7,25H,8-9H2,1-2H3,(H,26,29)(H,27,28). The van der Waals surface area contributed by atoms with Crippen molar-refractivity contribution in [2.24, 2.45) is 0 Å². The highest BCUT2D eigenvalue weighted by molar-refractivity contribution is 9.10. The van der Waals surface area contributed by atoms with E-state index >= 15 is 0 Å². The average Bonchev–Trinajstić information content (AvgIpc) is 2.62. The van der Waals surface area contributed by atoms with Crippen LogP contribution in [0.3, 0.4) is 0 Å².